The summed E-state index contributed by atoms with van der Waals surface area (Å²) in [6.07, 6.45) is 1.75. The zero-order chi connectivity index (χ0) is 19.5. The Hall–Kier alpha value is -3.74. The van der Waals surface area contributed by atoms with Gasteiger partial charge in [-0.15, -0.1) is 0 Å². The van der Waals surface area contributed by atoms with Gasteiger partial charge in [-0.05, 0) is 32.0 Å². The van der Waals surface area contributed by atoms with Gasteiger partial charge in [0.2, 0.25) is 0 Å². The molecule has 0 unspecified atom stereocenters. The highest BCUT2D eigenvalue weighted by atomic mass is 16.1. The SMILES string of the molecule is Cc1ccc(-c2nc(CNC(=O)c3cc(C)[nH]n3)[nH]c2-c2ccccn2)cc1. The number of hydrogen-bond donors (Lipinski definition) is 3. The van der Waals surface area contributed by atoms with Crippen LogP contribution in [0.1, 0.15) is 27.6 Å². The lowest BCUT2D eigenvalue weighted by molar-refractivity contribution is 0.0945. The van der Waals surface area contributed by atoms with E-state index in [2.05, 4.69) is 25.5 Å². The molecule has 0 fully saturated rings. The molecule has 0 spiro atoms. The van der Waals surface area contributed by atoms with Crippen molar-refractivity contribution in [3.63, 3.8) is 0 Å². The molecule has 0 radical (unpaired) electrons. The first kappa shape index (κ1) is 17.7. The van der Waals surface area contributed by atoms with Crippen molar-refractivity contribution in [3.05, 3.63) is 77.5 Å². The summed E-state index contributed by atoms with van der Waals surface area (Å²) in [5.74, 6) is 0.397. The van der Waals surface area contributed by atoms with Crippen molar-refractivity contribution in [2.45, 2.75) is 20.4 Å². The van der Waals surface area contributed by atoms with Gasteiger partial charge >= 0.3 is 0 Å². The number of nitrogens with zero attached hydrogens (tertiary/aromatic N) is 3. The van der Waals surface area contributed by atoms with Crippen LogP contribution in [0.15, 0.2) is 54.7 Å². The van der Waals surface area contributed by atoms with Crippen LogP contribution in [0.2, 0.25) is 0 Å². The summed E-state index contributed by atoms with van der Waals surface area (Å²) in [5.41, 5.74) is 5.78. The molecular weight excluding hydrogens is 352 g/mol. The van der Waals surface area contributed by atoms with E-state index in [0.717, 1.165) is 28.3 Å². The van der Waals surface area contributed by atoms with Crippen molar-refractivity contribution in [1.29, 1.82) is 0 Å². The molecule has 0 bridgehead atoms. The average molecular weight is 372 g/mol. The van der Waals surface area contributed by atoms with Crippen LogP contribution in [0.3, 0.4) is 0 Å². The lowest BCUT2D eigenvalue weighted by atomic mass is 10.1. The molecule has 28 heavy (non-hydrogen) atoms. The minimum Gasteiger partial charge on any atom is -0.343 e. The third-order valence-corrected chi connectivity index (χ3v) is 4.35. The van der Waals surface area contributed by atoms with Gasteiger partial charge in [-0.1, -0.05) is 35.9 Å². The monoisotopic (exact) mass is 372 g/mol. The average Bonchev–Trinajstić information content (AvgIpc) is 3.34. The molecule has 0 saturated heterocycles. The molecule has 3 aromatic heterocycles. The number of aromatic nitrogens is 5. The maximum atomic E-state index is 12.3. The van der Waals surface area contributed by atoms with Gasteiger partial charge in [0, 0.05) is 17.5 Å². The van der Waals surface area contributed by atoms with E-state index in [1.807, 2.05) is 56.3 Å². The van der Waals surface area contributed by atoms with E-state index in [0.29, 0.717) is 11.5 Å². The van der Waals surface area contributed by atoms with Crippen molar-refractivity contribution in [3.8, 4) is 22.6 Å². The van der Waals surface area contributed by atoms with E-state index in [9.17, 15) is 4.79 Å². The van der Waals surface area contributed by atoms with Gasteiger partial charge in [-0.2, -0.15) is 5.10 Å². The second-order valence-corrected chi connectivity index (χ2v) is 6.61. The molecule has 0 aliphatic carbocycles. The third-order valence-electron chi connectivity index (χ3n) is 4.35. The highest BCUT2D eigenvalue weighted by molar-refractivity contribution is 5.92. The summed E-state index contributed by atoms with van der Waals surface area (Å²) in [7, 11) is 0. The highest BCUT2D eigenvalue weighted by Crippen LogP contribution is 2.29. The Morgan fingerprint density at radius 3 is 2.61 bits per heavy atom. The zero-order valence-corrected chi connectivity index (χ0v) is 15.7. The van der Waals surface area contributed by atoms with Crippen molar-refractivity contribution in [2.24, 2.45) is 0 Å². The van der Waals surface area contributed by atoms with Crippen LogP contribution in [0.25, 0.3) is 22.6 Å². The normalized spacial score (nSPS) is 10.8. The van der Waals surface area contributed by atoms with Crippen LogP contribution >= 0.6 is 0 Å². The number of H-pyrrole nitrogens is 2. The van der Waals surface area contributed by atoms with Gasteiger partial charge in [0.25, 0.3) is 5.91 Å². The highest BCUT2D eigenvalue weighted by Gasteiger charge is 2.16. The van der Waals surface area contributed by atoms with Crippen LogP contribution in [0, 0.1) is 13.8 Å². The molecule has 0 saturated carbocycles. The molecule has 1 aromatic carbocycles. The van der Waals surface area contributed by atoms with Crippen molar-refractivity contribution in [1.82, 2.24) is 30.5 Å². The Kier molecular flexibility index (Phi) is 4.72. The standard InChI is InChI=1S/C21H20N6O/c1-13-6-8-15(9-7-13)19-20(16-5-3-4-10-22-16)25-18(24-19)12-23-21(28)17-11-14(2)26-27-17/h3-11H,12H2,1-2H3,(H,23,28)(H,24,25)(H,26,27). The van der Waals surface area contributed by atoms with Crippen LogP contribution in [-0.4, -0.2) is 31.1 Å². The molecular formula is C21H20N6O. The molecule has 140 valence electrons. The summed E-state index contributed by atoms with van der Waals surface area (Å²) >= 11 is 0. The van der Waals surface area contributed by atoms with Gasteiger partial charge in [0.1, 0.15) is 11.5 Å². The second-order valence-electron chi connectivity index (χ2n) is 6.61. The Balaban J connectivity index is 1.63. The van der Waals surface area contributed by atoms with Gasteiger partial charge in [0.15, 0.2) is 0 Å². The number of carbonyl (C=O) groups excluding carboxylic acids is 1. The maximum absolute atomic E-state index is 12.3. The van der Waals surface area contributed by atoms with E-state index >= 15 is 0 Å². The summed E-state index contributed by atoms with van der Waals surface area (Å²) < 4.78 is 0. The third kappa shape index (κ3) is 3.68. The van der Waals surface area contributed by atoms with Crippen LogP contribution in [0.4, 0.5) is 0 Å². The molecule has 3 heterocycles. The molecule has 4 aromatic rings. The van der Waals surface area contributed by atoms with E-state index in [1.54, 1.807) is 12.3 Å². The zero-order valence-electron chi connectivity index (χ0n) is 15.7. The molecule has 1 amide bonds. The first-order chi connectivity index (χ1) is 13.6. The topological polar surface area (TPSA) is 99.4 Å². The molecule has 4 rings (SSSR count). The van der Waals surface area contributed by atoms with Crippen molar-refractivity contribution in [2.75, 3.05) is 0 Å². The van der Waals surface area contributed by atoms with Crippen molar-refractivity contribution < 1.29 is 4.79 Å². The van der Waals surface area contributed by atoms with E-state index < -0.39 is 0 Å². The van der Waals surface area contributed by atoms with Gasteiger partial charge in [-0.3, -0.25) is 14.9 Å². The first-order valence-corrected chi connectivity index (χ1v) is 8.97. The van der Waals surface area contributed by atoms with E-state index in [4.69, 9.17) is 4.98 Å². The number of aryl methyl sites for hydroxylation is 2. The van der Waals surface area contributed by atoms with Gasteiger partial charge in [0.05, 0.1) is 23.6 Å². The molecule has 0 aliphatic rings. The summed E-state index contributed by atoms with van der Waals surface area (Å²) in [4.78, 5) is 24.7. The lowest BCUT2D eigenvalue weighted by Gasteiger charge is -2.02. The molecule has 0 aliphatic heterocycles. The first-order valence-electron chi connectivity index (χ1n) is 8.97. The molecule has 7 heteroatoms. The van der Waals surface area contributed by atoms with Crippen LogP contribution in [-0.2, 0) is 6.54 Å². The second kappa shape index (κ2) is 7.48. The maximum Gasteiger partial charge on any atom is 0.272 e. The Labute approximate surface area is 162 Å². The smallest absolute Gasteiger partial charge is 0.272 e. The summed E-state index contributed by atoms with van der Waals surface area (Å²) in [5, 5.41) is 9.59. The van der Waals surface area contributed by atoms with Crippen LogP contribution < -0.4 is 5.32 Å². The van der Waals surface area contributed by atoms with Crippen molar-refractivity contribution >= 4 is 5.91 Å². The number of benzene rings is 1. The van der Waals surface area contributed by atoms with Gasteiger partial charge in [-0.25, -0.2) is 4.98 Å². The number of aromatic amines is 2. The Morgan fingerprint density at radius 2 is 1.93 bits per heavy atom. The number of carbonyl (C=O) groups is 1. The minimum absolute atomic E-state index is 0.253. The fraction of sp³-hybridized carbons (Fsp3) is 0.143. The summed E-state index contributed by atoms with van der Waals surface area (Å²) in [6.45, 7) is 4.16. The van der Waals surface area contributed by atoms with E-state index in [-0.39, 0.29) is 12.5 Å². The summed E-state index contributed by atoms with van der Waals surface area (Å²) in [6, 6.07) is 15.6. The fourth-order valence-corrected chi connectivity index (χ4v) is 2.91. The Bertz CT molecular complexity index is 1100. The van der Waals surface area contributed by atoms with Gasteiger partial charge < -0.3 is 10.3 Å². The quantitative estimate of drug-likeness (QED) is 0.500. The predicted molar refractivity (Wildman–Crippen MR) is 106 cm³/mol. The minimum atomic E-state index is -0.253. The number of imidazole rings is 1. The molecule has 7 nitrogen and oxygen atoms in total. The molecule has 0 atom stereocenters. The number of rotatable bonds is 5. The number of nitrogens with one attached hydrogen (secondary N) is 3. The number of pyridine rings is 1. The lowest BCUT2D eigenvalue weighted by Crippen LogP contribution is -2.23. The Morgan fingerprint density at radius 1 is 1.11 bits per heavy atom. The number of hydrogen-bond acceptors (Lipinski definition) is 4. The largest absolute Gasteiger partial charge is 0.343 e. The molecule has 3 N–H and O–H groups in total. The fourth-order valence-electron chi connectivity index (χ4n) is 2.91. The number of amides is 1. The predicted octanol–water partition coefficient (Wildman–Crippen LogP) is 3.41. The van der Waals surface area contributed by atoms with Crippen LogP contribution in [0.5, 0.6) is 0 Å². The van der Waals surface area contributed by atoms with E-state index in [1.165, 1.54) is 5.56 Å².